The topological polar surface area (TPSA) is 101 Å². The molecule has 1 fully saturated rings. The first-order valence-electron chi connectivity index (χ1n) is 7.02. The maximum absolute atomic E-state index is 12.1. The number of amides is 1. The lowest BCUT2D eigenvalue weighted by Crippen LogP contribution is -2.41. The molecule has 1 saturated heterocycles. The summed E-state index contributed by atoms with van der Waals surface area (Å²) in [4.78, 5) is 12.2. The molecule has 1 unspecified atom stereocenters. The molecule has 8 heteroatoms. The van der Waals surface area contributed by atoms with Crippen LogP contribution in [-0.4, -0.2) is 27.4 Å². The van der Waals surface area contributed by atoms with E-state index in [1.54, 1.807) is 12.1 Å². The van der Waals surface area contributed by atoms with Crippen LogP contribution in [0.5, 0.6) is 0 Å². The van der Waals surface area contributed by atoms with Crippen LogP contribution in [0, 0.1) is 5.92 Å². The van der Waals surface area contributed by atoms with Crippen molar-refractivity contribution in [1.29, 1.82) is 0 Å². The maximum Gasteiger partial charge on any atom is 0.238 e. The molecule has 2 rings (SSSR count). The summed E-state index contributed by atoms with van der Waals surface area (Å²) in [5, 5.41) is 11.2. The van der Waals surface area contributed by atoms with Crippen LogP contribution in [0.2, 0.25) is 0 Å². The number of carbonyl (C=O) groups is 1. The molecule has 1 heterocycles. The van der Waals surface area contributed by atoms with Crippen molar-refractivity contribution in [1.82, 2.24) is 10.6 Å². The van der Waals surface area contributed by atoms with E-state index in [2.05, 4.69) is 10.6 Å². The fraction of sp³-hybridized carbons (Fsp3) is 0.500. The van der Waals surface area contributed by atoms with E-state index < -0.39 is 10.0 Å². The van der Waals surface area contributed by atoms with Crippen molar-refractivity contribution in [2.45, 2.75) is 30.7 Å². The quantitative estimate of drug-likeness (QED) is 0.754. The van der Waals surface area contributed by atoms with E-state index in [1.165, 1.54) is 12.1 Å². The molecular formula is C14H22ClN3O3S. The molecule has 1 aliphatic heterocycles. The largest absolute Gasteiger partial charge is 0.349 e. The van der Waals surface area contributed by atoms with Gasteiger partial charge >= 0.3 is 0 Å². The highest BCUT2D eigenvalue weighted by atomic mass is 35.5. The molecule has 22 heavy (non-hydrogen) atoms. The van der Waals surface area contributed by atoms with Crippen molar-refractivity contribution in [3.05, 3.63) is 29.8 Å². The SMILES string of the molecule is CC(NC(=O)[C@@H]1CCCNC1)c1ccc(S(N)(=O)=O)cc1.Cl. The number of sulfonamides is 1. The lowest BCUT2D eigenvalue weighted by atomic mass is 9.98. The lowest BCUT2D eigenvalue weighted by Gasteiger charge is -2.24. The van der Waals surface area contributed by atoms with Crippen LogP contribution in [-0.2, 0) is 14.8 Å². The maximum atomic E-state index is 12.1. The third kappa shape index (κ3) is 4.95. The Hall–Kier alpha value is -1.15. The van der Waals surface area contributed by atoms with E-state index >= 15 is 0 Å². The highest BCUT2D eigenvalue weighted by molar-refractivity contribution is 7.89. The summed E-state index contributed by atoms with van der Waals surface area (Å²) in [6.45, 7) is 3.55. The van der Waals surface area contributed by atoms with Crippen LogP contribution < -0.4 is 15.8 Å². The number of halogens is 1. The molecule has 1 amide bonds. The van der Waals surface area contributed by atoms with Crippen molar-refractivity contribution in [2.24, 2.45) is 11.1 Å². The van der Waals surface area contributed by atoms with Gasteiger partial charge in [-0.05, 0) is 44.0 Å². The zero-order chi connectivity index (χ0) is 15.5. The molecule has 6 nitrogen and oxygen atoms in total. The first-order valence-corrected chi connectivity index (χ1v) is 8.56. The number of piperidine rings is 1. The number of hydrogen-bond donors (Lipinski definition) is 3. The lowest BCUT2D eigenvalue weighted by molar-refractivity contribution is -0.126. The summed E-state index contributed by atoms with van der Waals surface area (Å²) in [5.74, 6) is 0.0371. The number of rotatable bonds is 4. The van der Waals surface area contributed by atoms with Crippen LogP contribution in [0.15, 0.2) is 29.2 Å². The van der Waals surface area contributed by atoms with Gasteiger partial charge in [0.1, 0.15) is 0 Å². The minimum absolute atomic E-state index is 0. The van der Waals surface area contributed by atoms with E-state index in [0.717, 1.165) is 24.9 Å². The van der Waals surface area contributed by atoms with Gasteiger partial charge in [-0.15, -0.1) is 12.4 Å². The van der Waals surface area contributed by atoms with E-state index in [1.807, 2.05) is 6.92 Å². The number of primary sulfonamides is 1. The second kappa shape index (κ2) is 7.92. The van der Waals surface area contributed by atoms with Gasteiger partial charge in [-0.1, -0.05) is 12.1 Å². The van der Waals surface area contributed by atoms with Gasteiger partial charge in [-0.3, -0.25) is 4.79 Å². The monoisotopic (exact) mass is 347 g/mol. The molecule has 1 aromatic rings. The smallest absolute Gasteiger partial charge is 0.238 e. The number of hydrogen-bond acceptors (Lipinski definition) is 4. The third-order valence-electron chi connectivity index (χ3n) is 3.74. The van der Waals surface area contributed by atoms with Gasteiger partial charge in [0.15, 0.2) is 0 Å². The first kappa shape index (κ1) is 18.9. The van der Waals surface area contributed by atoms with E-state index in [0.29, 0.717) is 6.54 Å². The summed E-state index contributed by atoms with van der Waals surface area (Å²) in [6, 6.07) is 6.08. The molecule has 2 atom stereocenters. The predicted octanol–water partition coefficient (Wildman–Crippen LogP) is 0.933. The molecule has 124 valence electrons. The Labute approximate surface area is 137 Å². The highest BCUT2D eigenvalue weighted by Crippen LogP contribution is 2.17. The highest BCUT2D eigenvalue weighted by Gasteiger charge is 2.22. The minimum Gasteiger partial charge on any atom is -0.349 e. The number of carbonyl (C=O) groups excluding carboxylic acids is 1. The van der Waals surface area contributed by atoms with Crippen LogP contribution in [0.25, 0.3) is 0 Å². The minimum atomic E-state index is -3.68. The Morgan fingerprint density at radius 2 is 2.00 bits per heavy atom. The molecule has 1 aliphatic rings. The average Bonchev–Trinajstić information content (AvgIpc) is 2.47. The van der Waals surface area contributed by atoms with Crippen LogP contribution in [0.4, 0.5) is 0 Å². The Morgan fingerprint density at radius 1 is 1.36 bits per heavy atom. The number of benzene rings is 1. The van der Waals surface area contributed by atoms with Gasteiger partial charge in [0.05, 0.1) is 16.9 Å². The molecule has 0 radical (unpaired) electrons. The van der Waals surface area contributed by atoms with Crippen molar-refractivity contribution in [3.63, 3.8) is 0 Å². The molecule has 0 aliphatic carbocycles. The molecule has 0 saturated carbocycles. The normalized spacial score (nSPS) is 19.8. The standard InChI is InChI=1S/C14H21N3O3S.ClH/c1-10(17-14(18)12-3-2-8-16-9-12)11-4-6-13(7-5-11)21(15,19)20;/h4-7,10,12,16H,2-3,8-9H2,1H3,(H,17,18)(H2,15,19,20);1H/t10?,12-;/m1./s1. The molecule has 0 bridgehead atoms. The van der Waals surface area contributed by atoms with Gasteiger partial charge in [-0.25, -0.2) is 13.6 Å². The summed E-state index contributed by atoms with van der Waals surface area (Å²) in [6.07, 6.45) is 1.91. The van der Waals surface area contributed by atoms with Gasteiger partial charge in [0.2, 0.25) is 15.9 Å². The van der Waals surface area contributed by atoms with Crippen molar-refractivity contribution >= 4 is 28.3 Å². The van der Waals surface area contributed by atoms with Crippen LogP contribution in [0.3, 0.4) is 0 Å². The fourth-order valence-corrected chi connectivity index (χ4v) is 2.95. The summed E-state index contributed by atoms with van der Waals surface area (Å²) in [5.41, 5.74) is 0.847. The third-order valence-corrected chi connectivity index (χ3v) is 4.66. The van der Waals surface area contributed by atoms with Gasteiger partial charge < -0.3 is 10.6 Å². The van der Waals surface area contributed by atoms with E-state index in [9.17, 15) is 13.2 Å². The van der Waals surface area contributed by atoms with Crippen molar-refractivity contribution in [2.75, 3.05) is 13.1 Å². The molecule has 0 aromatic heterocycles. The Balaban J connectivity index is 0.00000242. The predicted molar refractivity (Wildman–Crippen MR) is 87.2 cm³/mol. The zero-order valence-electron chi connectivity index (χ0n) is 12.4. The Kier molecular flexibility index (Phi) is 6.80. The van der Waals surface area contributed by atoms with Crippen LogP contribution in [0.1, 0.15) is 31.4 Å². The van der Waals surface area contributed by atoms with Gasteiger partial charge in [-0.2, -0.15) is 0 Å². The fourth-order valence-electron chi connectivity index (χ4n) is 2.44. The average molecular weight is 348 g/mol. The van der Waals surface area contributed by atoms with Crippen LogP contribution >= 0.6 is 12.4 Å². The first-order chi connectivity index (χ1) is 9.88. The van der Waals surface area contributed by atoms with Crippen molar-refractivity contribution in [3.8, 4) is 0 Å². The summed E-state index contributed by atoms with van der Waals surface area (Å²) >= 11 is 0. The summed E-state index contributed by atoms with van der Waals surface area (Å²) < 4.78 is 22.4. The zero-order valence-corrected chi connectivity index (χ0v) is 14.0. The van der Waals surface area contributed by atoms with E-state index in [4.69, 9.17) is 5.14 Å². The number of nitrogens with one attached hydrogen (secondary N) is 2. The molecule has 0 spiro atoms. The second-order valence-corrected chi connectivity index (χ2v) is 6.95. The summed E-state index contributed by atoms with van der Waals surface area (Å²) in [7, 11) is -3.68. The number of nitrogens with two attached hydrogens (primary N) is 1. The molecule has 1 aromatic carbocycles. The second-order valence-electron chi connectivity index (χ2n) is 5.39. The van der Waals surface area contributed by atoms with Gasteiger partial charge in [0, 0.05) is 6.54 Å². The Morgan fingerprint density at radius 3 is 2.50 bits per heavy atom. The van der Waals surface area contributed by atoms with Gasteiger partial charge in [0.25, 0.3) is 0 Å². The molecular weight excluding hydrogens is 326 g/mol. The van der Waals surface area contributed by atoms with Crippen molar-refractivity contribution < 1.29 is 13.2 Å². The molecule has 4 N–H and O–H groups in total. The van der Waals surface area contributed by atoms with E-state index in [-0.39, 0.29) is 35.2 Å². The Bertz CT molecular complexity index is 598.